The van der Waals surface area contributed by atoms with Crippen molar-refractivity contribution in [2.75, 3.05) is 7.11 Å². The Balaban J connectivity index is 1.65. The number of aryl methyl sites for hydroxylation is 1. The molecule has 4 nitrogen and oxygen atoms in total. The highest BCUT2D eigenvalue weighted by Crippen LogP contribution is 2.30. The number of carbonyl (C=O) groups is 1. The van der Waals surface area contributed by atoms with Crippen LogP contribution in [0.3, 0.4) is 0 Å². The van der Waals surface area contributed by atoms with E-state index in [9.17, 15) is 4.79 Å². The molecule has 0 fully saturated rings. The van der Waals surface area contributed by atoms with Gasteiger partial charge in [-0.25, -0.2) is 4.98 Å². The Morgan fingerprint density at radius 2 is 1.96 bits per heavy atom. The molecule has 0 saturated carbocycles. The molecule has 0 aliphatic heterocycles. The first-order valence-electron chi connectivity index (χ1n) is 7.53. The van der Waals surface area contributed by atoms with E-state index in [0.717, 1.165) is 26.7 Å². The first-order chi connectivity index (χ1) is 11.7. The number of ether oxygens (including phenoxy) is 1. The van der Waals surface area contributed by atoms with E-state index in [2.05, 4.69) is 10.3 Å². The van der Waals surface area contributed by atoms with Crippen LogP contribution in [0.2, 0.25) is 0 Å². The van der Waals surface area contributed by atoms with Crippen LogP contribution in [0.5, 0.6) is 0 Å². The second-order valence-electron chi connectivity index (χ2n) is 5.34. The molecule has 0 aliphatic carbocycles. The van der Waals surface area contributed by atoms with Crippen molar-refractivity contribution in [1.29, 1.82) is 0 Å². The van der Waals surface area contributed by atoms with E-state index in [4.69, 9.17) is 4.74 Å². The van der Waals surface area contributed by atoms with E-state index in [1.54, 1.807) is 18.4 Å². The van der Waals surface area contributed by atoms with Crippen LogP contribution in [0, 0.1) is 6.92 Å². The summed E-state index contributed by atoms with van der Waals surface area (Å²) in [5.41, 5.74) is 2.95. The topological polar surface area (TPSA) is 51.2 Å². The Morgan fingerprint density at radius 1 is 1.21 bits per heavy atom. The largest absolute Gasteiger partial charge is 0.380 e. The van der Waals surface area contributed by atoms with Crippen molar-refractivity contribution in [3.63, 3.8) is 0 Å². The Hall–Kier alpha value is -2.02. The van der Waals surface area contributed by atoms with Crippen molar-refractivity contribution in [3.8, 4) is 9.88 Å². The Bertz CT molecular complexity index is 808. The molecule has 0 atom stereocenters. The molecular weight excluding hydrogens is 340 g/mol. The number of amides is 1. The van der Waals surface area contributed by atoms with Gasteiger partial charge in [-0.2, -0.15) is 0 Å². The average Bonchev–Trinajstić information content (AvgIpc) is 3.23. The summed E-state index contributed by atoms with van der Waals surface area (Å²) >= 11 is 3.07. The lowest BCUT2D eigenvalue weighted by Gasteiger charge is -2.05. The zero-order valence-corrected chi connectivity index (χ0v) is 15.2. The van der Waals surface area contributed by atoms with Crippen molar-refractivity contribution in [2.24, 2.45) is 0 Å². The summed E-state index contributed by atoms with van der Waals surface area (Å²) in [6.45, 7) is 2.97. The summed E-state index contributed by atoms with van der Waals surface area (Å²) in [7, 11) is 1.68. The summed E-state index contributed by atoms with van der Waals surface area (Å²) in [4.78, 5) is 18.7. The summed E-state index contributed by atoms with van der Waals surface area (Å²) in [5.74, 6) is -0.0752. The second kappa shape index (κ2) is 7.70. The molecule has 0 unspecified atom stereocenters. The number of carbonyl (C=O) groups excluding carboxylic acids is 1. The molecule has 2 aromatic heterocycles. The molecule has 1 N–H and O–H groups in total. The van der Waals surface area contributed by atoms with E-state index in [-0.39, 0.29) is 5.91 Å². The van der Waals surface area contributed by atoms with E-state index in [0.29, 0.717) is 18.0 Å². The lowest BCUT2D eigenvalue weighted by atomic mass is 10.1. The van der Waals surface area contributed by atoms with Gasteiger partial charge in [-0.15, -0.1) is 22.7 Å². The Labute approximate surface area is 149 Å². The van der Waals surface area contributed by atoms with Crippen LogP contribution in [0.1, 0.15) is 26.5 Å². The van der Waals surface area contributed by atoms with Gasteiger partial charge < -0.3 is 10.1 Å². The predicted molar refractivity (Wildman–Crippen MR) is 98.5 cm³/mol. The van der Waals surface area contributed by atoms with Gasteiger partial charge in [0, 0.05) is 13.7 Å². The number of aromatic nitrogens is 1. The van der Waals surface area contributed by atoms with Crippen LogP contribution < -0.4 is 5.32 Å². The summed E-state index contributed by atoms with van der Waals surface area (Å²) in [5, 5.41) is 5.88. The van der Waals surface area contributed by atoms with Crippen molar-refractivity contribution in [1.82, 2.24) is 10.3 Å². The number of methoxy groups -OCH3 is 1. The molecule has 0 bridgehead atoms. The van der Waals surface area contributed by atoms with Crippen LogP contribution in [0.25, 0.3) is 9.88 Å². The van der Waals surface area contributed by atoms with E-state index in [1.807, 2.05) is 48.7 Å². The minimum Gasteiger partial charge on any atom is -0.380 e. The number of nitrogens with one attached hydrogen (secondary N) is 1. The van der Waals surface area contributed by atoms with Gasteiger partial charge in [0.05, 0.1) is 17.2 Å². The monoisotopic (exact) mass is 358 g/mol. The van der Waals surface area contributed by atoms with Gasteiger partial charge in [0.15, 0.2) is 0 Å². The normalized spacial score (nSPS) is 10.8. The van der Waals surface area contributed by atoms with Crippen molar-refractivity contribution in [2.45, 2.75) is 20.1 Å². The molecule has 3 aromatic rings. The number of thiazole rings is 1. The lowest BCUT2D eigenvalue weighted by Crippen LogP contribution is -2.22. The molecule has 1 amide bonds. The van der Waals surface area contributed by atoms with Gasteiger partial charge in [-0.3, -0.25) is 4.79 Å². The average molecular weight is 358 g/mol. The third-order valence-electron chi connectivity index (χ3n) is 3.52. The number of thiophene rings is 1. The maximum atomic E-state index is 12.4. The smallest absolute Gasteiger partial charge is 0.263 e. The minimum atomic E-state index is -0.0752. The molecule has 1 aromatic carbocycles. The van der Waals surface area contributed by atoms with Gasteiger partial charge in [0.2, 0.25) is 0 Å². The number of rotatable bonds is 6. The van der Waals surface area contributed by atoms with Gasteiger partial charge in [0.25, 0.3) is 5.91 Å². The molecule has 124 valence electrons. The van der Waals surface area contributed by atoms with E-state index in [1.165, 1.54) is 11.3 Å². The third kappa shape index (κ3) is 3.90. The van der Waals surface area contributed by atoms with Gasteiger partial charge in [-0.05, 0) is 29.5 Å². The third-order valence-corrected chi connectivity index (χ3v) is 5.72. The molecule has 24 heavy (non-hydrogen) atoms. The van der Waals surface area contributed by atoms with Crippen molar-refractivity contribution >= 4 is 28.6 Å². The van der Waals surface area contributed by atoms with Crippen LogP contribution in [-0.4, -0.2) is 18.0 Å². The predicted octanol–water partition coefficient (Wildman–Crippen LogP) is 4.26. The highest BCUT2D eigenvalue weighted by atomic mass is 32.1. The molecule has 0 saturated heterocycles. The van der Waals surface area contributed by atoms with Gasteiger partial charge in [-0.1, -0.05) is 30.3 Å². The first kappa shape index (κ1) is 16.8. The highest BCUT2D eigenvalue weighted by molar-refractivity contribution is 7.22. The van der Waals surface area contributed by atoms with E-state index >= 15 is 0 Å². The number of hydrogen-bond donors (Lipinski definition) is 1. The van der Waals surface area contributed by atoms with Crippen molar-refractivity contribution < 1.29 is 9.53 Å². The van der Waals surface area contributed by atoms with Crippen molar-refractivity contribution in [3.05, 3.63) is 63.5 Å². The number of hydrogen-bond acceptors (Lipinski definition) is 5. The molecule has 0 aliphatic rings. The maximum Gasteiger partial charge on any atom is 0.263 e. The van der Waals surface area contributed by atoms with Crippen LogP contribution in [0.15, 0.2) is 41.8 Å². The van der Waals surface area contributed by atoms with Gasteiger partial charge >= 0.3 is 0 Å². The molecule has 0 radical (unpaired) electrons. The lowest BCUT2D eigenvalue weighted by molar-refractivity contribution is 0.0954. The fourth-order valence-electron chi connectivity index (χ4n) is 2.30. The molecule has 2 heterocycles. The molecule has 6 heteroatoms. The van der Waals surface area contributed by atoms with Crippen LogP contribution >= 0.6 is 22.7 Å². The van der Waals surface area contributed by atoms with Crippen LogP contribution in [-0.2, 0) is 17.9 Å². The Morgan fingerprint density at radius 3 is 2.62 bits per heavy atom. The quantitative estimate of drug-likeness (QED) is 0.716. The number of nitrogens with zero attached hydrogens (tertiary/aromatic N) is 1. The SMILES string of the molecule is COCc1ccc(CNC(=O)c2sc(-c3cccs3)nc2C)cc1. The molecule has 3 rings (SSSR count). The summed E-state index contributed by atoms with van der Waals surface area (Å²) < 4.78 is 5.10. The maximum absolute atomic E-state index is 12.4. The Kier molecular flexibility index (Phi) is 5.40. The zero-order valence-electron chi connectivity index (χ0n) is 13.5. The van der Waals surface area contributed by atoms with Gasteiger partial charge in [0.1, 0.15) is 9.88 Å². The number of benzene rings is 1. The first-order valence-corrected chi connectivity index (χ1v) is 9.23. The molecular formula is C18H18N2O2S2. The summed E-state index contributed by atoms with van der Waals surface area (Å²) in [6.07, 6.45) is 0. The zero-order chi connectivity index (χ0) is 16.9. The second-order valence-corrected chi connectivity index (χ2v) is 7.29. The fraction of sp³-hybridized carbons (Fsp3) is 0.222. The molecule has 0 spiro atoms. The highest BCUT2D eigenvalue weighted by Gasteiger charge is 2.16. The standard InChI is InChI=1S/C18H18N2O2S2/c1-12-16(24-18(20-12)15-4-3-9-23-15)17(21)19-10-13-5-7-14(8-6-13)11-22-2/h3-9H,10-11H2,1-2H3,(H,19,21). The minimum absolute atomic E-state index is 0.0752. The van der Waals surface area contributed by atoms with E-state index < -0.39 is 0 Å². The summed E-state index contributed by atoms with van der Waals surface area (Å²) in [6, 6.07) is 12.0. The van der Waals surface area contributed by atoms with Crippen LogP contribution in [0.4, 0.5) is 0 Å². The fourth-order valence-corrected chi connectivity index (χ4v) is 4.07.